The molecular formula is C15H16N2O3. The van der Waals surface area contributed by atoms with Gasteiger partial charge in [-0.15, -0.1) is 0 Å². The van der Waals surface area contributed by atoms with Gasteiger partial charge in [0.1, 0.15) is 11.6 Å². The first-order valence-electron chi connectivity index (χ1n) is 6.67. The lowest BCUT2D eigenvalue weighted by Crippen LogP contribution is -2.27. The Hall–Kier alpha value is -2.30. The van der Waals surface area contributed by atoms with E-state index in [1.807, 2.05) is 22.9 Å². The van der Waals surface area contributed by atoms with Crippen LogP contribution in [0.1, 0.15) is 23.5 Å². The number of hydrogen-bond acceptors (Lipinski definition) is 3. The number of carboxylic acid groups (broad SMARTS) is 1. The van der Waals surface area contributed by atoms with Gasteiger partial charge in [0.05, 0.1) is 5.92 Å². The van der Waals surface area contributed by atoms with E-state index >= 15 is 0 Å². The number of hydrogen-bond donors (Lipinski definition) is 2. The van der Waals surface area contributed by atoms with Crippen molar-refractivity contribution in [3.63, 3.8) is 0 Å². The highest BCUT2D eigenvalue weighted by atomic mass is 16.4. The Labute approximate surface area is 116 Å². The highest BCUT2D eigenvalue weighted by molar-refractivity contribution is 5.70. The summed E-state index contributed by atoms with van der Waals surface area (Å²) in [4.78, 5) is 15.5. The third kappa shape index (κ3) is 2.39. The smallest absolute Gasteiger partial charge is 0.308 e. The standard InChI is InChI=1S/C15H16N2O3/c18-13-5-1-10(2-6-13)7-14-16-8-12-4-3-11(15(19)20)9-17(12)14/h1-2,5-6,8,11,18H,3-4,7,9H2,(H,19,20). The number of phenolic OH excluding ortho intramolecular Hbond substituents is 1. The second kappa shape index (κ2) is 5.00. The number of carbonyl (C=O) groups is 1. The number of rotatable bonds is 3. The Bertz CT molecular complexity index is 631. The van der Waals surface area contributed by atoms with Gasteiger partial charge < -0.3 is 14.8 Å². The van der Waals surface area contributed by atoms with Gasteiger partial charge in [-0.25, -0.2) is 4.98 Å². The number of aliphatic carboxylic acids is 1. The maximum absolute atomic E-state index is 11.1. The van der Waals surface area contributed by atoms with Gasteiger partial charge in [0.15, 0.2) is 0 Å². The van der Waals surface area contributed by atoms with Crippen LogP contribution in [0.15, 0.2) is 30.5 Å². The molecule has 0 amide bonds. The quantitative estimate of drug-likeness (QED) is 0.893. The SMILES string of the molecule is O=C(O)C1CCc2cnc(Cc3ccc(O)cc3)n2C1. The molecular weight excluding hydrogens is 256 g/mol. The molecule has 2 N–H and O–H groups in total. The fourth-order valence-corrected chi connectivity index (χ4v) is 2.65. The van der Waals surface area contributed by atoms with Crippen molar-refractivity contribution in [2.24, 2.45) is 5.92 Å². The molecule has 0 spiro atoms. The fourth-order valence-electron chi connectivity index (χ4n) is 2.65. The average Bonchev–Trinajstić information content (AvgIpc) is 2.84. The Morgan fingerprint density at radius 1 is 1.35 bits per heavy atom. The molecule has 3 rings (SSSR count). The molecule has 0 bridgehead atoms. The lowest BCUT2D eigenvalue weighted by atomic mass is 9.98. The number of fused-ring (bicyclic) bond motifs is 1. The number of aryl methyl sites for hydroxylation is 1. The summed E-state index contributed by atoms with van der Waals surface area (Å²) < 4.78 is 2.02. The Balaban J connectivity index is 1.83. The van der Waals surface area contributed by atoms with Gasteiger partial charge in [0.2, 0.25) is 0 Å². The van der Waals surface area contributed by atoms with E-state index in [0.29, 0.717) is 19.4 Å². The monoisotopic (exact) mass is 272 g/mol. The molecule has 0 aliphatic carbocycles. The van der Waals surface area contributed by atoms with Gasteiger partial charge in [0, 0.05) is 24.9 Å². The predicted molar refractivity (Wildman–Crippen MR) is 72.6 cm³/mol. The van der Waals surface area contributed by atoms with Crippen molar-refractivity contribution in [3.05, 3.63) is 47.5 Å². The number of imidazole rings is 1. The molecule has 2 aromatic rings. The molecule has 1 unspecified atom stereocenters. The van der Waals surface area contributed by atoms with Gasteiger partial charge in [-0.1, -0.05) is 12.1 Å². The van der Waals surface area contributed by atoms with Crippen LogP contribution in [0.2, 0.25) is 0 Å². The zero-order valence-corrected chi connectivity index (χ0v) is 11.0. The molecule has 1 aliphatic heterocycles. The predicted octanol–water partition coefficient (Wildman–Crippen LogP) is 1.83. The fraction of sp³-hybridized carbons (Fsp3) is 0.333. The summed E-state index contributed by atoms with van der Waals surface area (Å²) in [5, 5.41) is 18.4. The first kappa shape index (κ1) is 12.7. The van der Waals surface area contributed by atoms with E-state index in [9.17, 15) is 9.90 Å². The molecule has 0 radical (unpaired) electrons. The van der Waals surface area contributed by atoms with Gasteiger partial charge >= 0.3 is 5.97 Å². The summed E-state index contributed by atoms with van der Waals surface area (Å²) in [5.74, 6) is 0.0664. The van der Waals surface area contributed by atoms with Crippen LogP contribution in [0.4, 0.5) is 0 Å². The topological polar surface area (TPSA) is 75.3 Å². The molecule has 5 nitrogen and oxygen atoms in total. The molecule has 1 aromatic carbocycles. The van der Waals surface area contributed by atoms with E-state index < -0.39 is 5.97 Å². The molecule has 1 aromatic heterocycles. The van der Waals surface area contributed by atoms with Crippen molar-refractivity contribution in [2.75, 3.05) is 0 Å². The lowest BCUT2D eigenvalue weighted by Gasteiger charge is -2.22. The summed E-state index contributed by atoms with van der Waals surface area (Å²) in [7, 11) is 0. The van der Waals surface area contributed by atoms with E-state index in [1.165, 1.54) is 0 Å². The Kier molecular flexibility index (Phi) is 3.18. The van der Waals surface area contributed by atoms with Crippen LogP contribution in [0.3, 0.4) is 0 Å². The normalized spacial score (nSPS) is 17.7. The third-order valence-electron chi connectivity index (χ3n) is 3.82. The Morgan fingerprint density at radius 3 is 2.80 bits per heavy atom. The van der Waals surface area contributed by atoms with Gasteiger partial charge in [0.25, 0.3) is 0 Å². The lowest BCUT2D eigenvalue weighted by molar-refractivity contribution is -0.142. The number of nitrogens with zero attached hydrogens (tertiary/aromatic N) is 2. The van der Waals surface area contributed by atoms with Crippen LogP contribution < -0.4 is 0 Å². The number of aromatic nitrogens is 2. The molecule has 20 heavy (non-hydrogen) atoms. The molecule has 5 heteroatoms. The van der Waals surface area contributed by atoms with E-state index in [2.05, 4.69) is 4.98 Å². The molecule has 104 valence electrons. The van der Waals surface area contributed by atoms with Crippen LogP contribution in [-0.4, -0.2) is 25.7 Å². The van der Waals surface area contributed by atoms with Crippen molar-refractivity contribution < 1.29 is 15.0 Å². The van der Waals surface area contributed by atoms with E-state index in [4.69, 9.17) is 5.11 Å². The van der Waals surface area contributed by atoms with Crippen LogP contribution in [-0.2, 0) is 24.2 Å². The van der Waals surface area contributed by atoms with Gasteiger partial charge in [-0.05, 0) is 30.5 Å². The largest absolute Gasteiger partial charge is 0.508 e. The zero-order valence-electron chi connectivity index (χ0n) is 11.0. The van der Waals surface area contributed by atoms with Crippen molar-refractivity contribution in [2.45, 2.75) is 25.8 Å². The number of carboxylic acids is 1. The first-order valence-corrected chi connectivity index (χ1v) is 6.67. The van der Waals surface area contributed by atoms with Crippen molar-refractivity contribution in [1.82, 2.24) is 9.55 Å². The van der Waals surface area contributed by atoms with Crippen molar-refractivity contribution >= 4 is 5.97 Å². The summed E-state index contributed by atoms with van der Waals surface area (Å²) >= 11 is 0. The average molecular weight is 272 g/mol. The second-order valence-electron chi connectivity index (χ2n) is 5.19. The molecule has 2 heterocycles. The van der Waals surface area contributed by atoms with Gasteiger partial charge in [-0.2, -0.15) is 0 Å². The first-order chi connectivity index (χ1) is 9.63. The van der Waals surface area contributed by atoms with Crippen LogP contribution in [0.5, 0.6) is 5.75 Å². The van der Waals surface area contributed by atoms with Crippen molar-refractivity contribution in [1.29, 1.82) is 0 Å². The van der Waals surface area contributed by atoms with E-state index in [0.717, 1.165) is 23.5 Å². The number of benzene rings is 1. The number of aromatic hydroxyl groups is 1. The summed E-state index contributed by atoms with van der Waals surface area (Å²) in [6.07, 6.45) is 3.93. The molecule has 0 saturated carbocycles. The second-order valence-corrected chi connectivity index (χ2v) is 5.19. The summed E-state index contributed by atoms with van der Waals surface area (Å²) in [6.45, 7) is 0.498. The zero-order chi connectivity index (χ0) is 14.1. The Morgan fingerprint density at radius 2 is 2.10 bits per heavy atom. The summed E-state index contributed by atoms with van der Waals surface area (Å²) in [6, 6.07) is 7.01. The minimum absolute atomic E-state index is 0.241. The third-order valence-corrected chi connectivity index (χ3v) is 3.82. The molecule has 1 aliphatic rings. The van der Waals surface area contributed by atoms with Crippen LogP contribution in [0.25, 0.3) is 0 Å². The molecule has 1 atom stereocenters. The minimum atomic E-state index is -0.736. The van der Waals surface area contributed by atoms with Crippen LogP contribution >= 0.6 is 0 Å². The maximum atomic E-state index is 11.1. The molecule has 0 fully saturated rings. The van der Waals surface area contributed by atoms with Crippen LogP contribution in [0, 0.1) is 5.92 Å². The maximum Gasteiger partial charge on any atom is 0.308 e. The highest BCUT2D eigenvalue weighted by Gasteiger charge is 2.26. The van der Waals surface area contributed by atoms with Crippen molar-refractivity contribution in [3.8, 4) is 5.75 Å². The van der Waals surface area contributed by atoms with E-state index in [-0.39, 0.29) is 11.7 Å². The summed E-state index contributed by atoms with van der Waals surface area (Å²) in [5.41, 5.74) is 2.16. The van der Waals surface area contributed by atoms with Gasteiger partial charge in [-0.3, -0.25) is 4.79 Å². The highest BCUT2D eigenvalue weighted by Crippen LogP contribution is 2.23. The minimum Gasteiger partial charge on any atom is -0.508 e. The number of phenols is 1. The molecule has 0 saturated heterocycles. The van der Waals surface area contributed by atoms with E-state index in [1.54, 1.807) is 12.1 Å².